The molecule has 1 rings (SSSR count). The van der Waals surface area contributed by atoms with E-state index in [9.17, 15) is 23.6 Å². The Morgan fingerprint density at radius 2 is 1.65 bits per heavy atom. The summed E-state index contributed by atoms with van der Waals surface area (Å²) >= 11 is -3.10. The fourth-order valence-electron chi connectivity index (χ4n) is 2.07. The number of hydrogen-bond donors (Lipinski definition) is 5. The molecule has 26 heavy (non-hydrogen) atoms. The van der Waals surface area contributed by atoms with E-state index in [2.05, 4.69) is 4.52 Å². The Kier molecular flexibility index (Phi) is 10.4. The molecule has 1 saturated heterocycles. The van der Waals surface area contributed by atoms with E-state index in [0.717, 1.165) is 0 Å². The average Bonchev–Trinajstić information content (AvgIpc) is 2.82. The molecule has 0 aromatic rings. The summed E-state index contributed by atoms with van der Waals surface area (Å²) < 4.78 is 43.1. The average molecular weight is 465 g/mol. The van der Waals surface area contributed by atoms with Crippen LogP contribution in [0, 0.1) is 0 Å². The number of rotatable bonds is 12. The normalized spacial score (nSPS) is 29.6. The van der Waals surface area contributed by atoms with Gasteiger partial charge in [-0.2, -0.15) is 0 Å². The summed E-state index contributed by atoms with van der Waals surface area (Å²) in [6.07, 6.45) is -7.02. The van der Waals surface area contributed by atoms with Crippen LogP contribution in [0.5, 0.6) is 0 Å². The Bertz CT molecular complexity index is 487. The molecule has 0 aliphatic carbocycles. The third-order valence-corrected chi connectivity index (χ3v) is 6.67. The van der Waals surface area contributed by atoms with Crippen molar-refractivity contribution in [2.75, 3.05) is 26.4 Å². The van der Waals surface area contributed by atoms with Gasteiger partial charge in [-0.25, -0.2) is 0 Å². The molecule has 0 radical (unpaired) electrons. The minimum atomic E-state index is -3.10. The molecule has 0 aromatic carbocycles. The molecule has 7 atom stereocenters. The molecule has 0 saturated carbocycles. The fourth-order valence-corrected chi connectivity index (χ4v) is 5.19. The molecule has 1 aliphatic heterocycles. The van der Waals surface area contributed by atoms with Gasteiger partial charge in [0.2, 0.25) is 0 Å². The maximum absolute atomic E-state index is 11.9. The Labute approximate surface area is 154 Å². The molecule has 0 spiro atoms. The van der Waals surface area contributed by atoms with Crippen LogP contribution in [0.1, 0.15) is 0 Å². The van der Waals surface area contributed by atoms with Gasteiger partial charge in [0.15, 0.2) is 0 Å². The van der Waals surface area contributed by atoms with Gasteiger partial charge in [-0.3, -0.25) is 0 Å². The van der Waals surface area contributed by atoms with Gasteiger partial charge >= 0.3 is 131 Å². The summed E-state index contributed by atoms with van der Waals surface area (Å²) in [6, 6.07) is 0. The molecule has 11 nitrogen and oxygen atoms in total. The van der Waals surface area contributed by atoms with Gasteiger partial charge in [0.05, 0.1) is 6.61 Å². The van der Waals surface area contributed by atoms with Gasteiger partial charge in [0.1, 0.15) is 6.10 Å². The summed E-state index contributed by atoms with van der Waals surface area (Å²) in [5.74, 6) is 0. The molecule has 0 bridgehead atoms. The summed E-state index contributed by atoms with van der Waals surface area (Å²) in [5, 5.41) is 47.3. The molecule has 1 fully saturated rings. The molecular formula is C13H27AsO11P+. The van der Waals surface area contributed by atoms with Gasteiger partial charge in [0.25, 0.3) is 0 Å². The predicted molar refractivity (Wildman–Crippen MR) is 88.2 cm³/mol. The Morgan fingerprint density at radius 3 is 2.19 bits per heavy atom. The zero-order valence-corrected chi connectivity index (χ0v) is 17.4. The Morgan fingerprint density at radius 1 is 1.08 bits per heavy atom. The van der Waals surface area contributed by atoms with Crippen LogP contribution in [0.2, 0.25) is 16.6 Å². The first kappa shape index (κ1) is 24.1. The van der Waals surface area contributed by atoms with Crippen molar-refractivity contribution in [2.24, 2.45) is 0 Å². The van der Waals surface area contributed by atoms with Gasteiger partial charge in [-0.15, -0.1) is 0 Å². The molecule has 13 heteroatoms. The number of ether oxygens (including phenoxy) is 2. The molecule has 154 valence electrons. The first-order valence-electron chi connectivity index (χ1n) is 7.90. The van der Waals surface area contributed by atoms with Crippen LogP contribution in [0.15, 0.2) is 0 Å². The van der Waals surface area contributed by atoms with Crippen molar-refractivity contribution in [2.45, 2.75) is 53.4 Å². The predicted octanol–water partition coefficient (Wildman–Crippen LogP) is -1.51. The second-order valence-electron chi connectivity index (χ2n) is 6.42. The van der Waals surface area contributed by atoms with Crippen molar-refractivity contribution in [1.29, 1.82) is 0 Å². The minimum absolute atomic E-state index is 0.138. The molecule has 1 heterocycles. The summed E-state index contributed by atoms with van der Waals surface area (Å²) in [4.78, 5) is 0. The van der Waals surface area contributed by atoms with Gasteiger partial charge in [-0.05, 0) is 0 Å². The van der Waals surface area contributed by atoms with E-state index in [1.165, 1.54) is 0 Å². The molecular weight excluding hydrogens is 438 g/mol. The summed E-state index contributed by atoms with van der Waals surface area (Å²) in [6.45, 7) is -1.70. The quantitative estimate of drug-likeness (QED) is 0.168. The van der Waals surface area contributed by atoms with E-state index in [1.807, 2.05) is 0 Å². The van der Waals surface area contributed by atoms with E-state index in [1.54, 1.807) is 11.4 Å². The van der Waals surface area contributed by atoms with E-state index < -0.39 is 71.8 Å². The Balaban J connectivity index is 2.30. The zero-order valence-electron chi connectivity index (χ0n) is 14.6. The van der Waals surface area contributed by atoms with E-state index >= 15 is 0 Å². The maximum atomic E-state index is 11.9. The second kappa shape index (κ2) is 11.2. The Hall–Kier alpha value is 0.0984. The first-order valence-corrected chi connectivity index (χ1v) is 14.8. The SMILES string of the molecule is C[As](C)(=O)C[C@H]1O[C@@H](OCC(O)CO[P+](=O)OCC(O)CO)[C@H](O)[C@@H]1O. The number of aliphatic hydroxyl groups excluding tert-OH is 5. The number of hydrogen-bond acceptors (Lipinski definition) is 11. The van der Waals surface area contributed by atoms with E-state index in [-0.39, 0.29) is 18.4 Å². The monoisotopic (exact) mass is 465 g/mol. The van der Waals surface area contributed by atoms with Gasteiger partial charge < -0.3 is 10.2 Å². The van der Waals surface area contributed by atoms with E-state index in [4.69, 9.17) is 24.2 Å². The van der Waals surface area contributed by atoms with Crippen LogP contribution < -0.4 is 0 Å². The van der Waals surface area contributed by atoms with Crippen molar-refractivity contribution in [3.63, 3.8) is 0 Å². The molecule has 1 aliphatic rings. The topological polar surface area (TPSA) is 172 Å². The van der Waals surface area contributed by atoms with Crippen LogP contribution in [-0.4, -0.2) is 102 Å². The summed E-state index contributed by atoms with van der Waals surface area (Å²) in [7, 11) is -2.60. The summed E-state index contributed by atoms with van der Waals surface area (Å²) in [5.41, 5.74) is 3.19. The molecule has 0 amide bonds. The van der Waals surface area contributed by atoms with Crippen molar-refractivity contribution < 1.29 is 52.4 Å². The molecule has 0 aromatic heterocycles. The van der Waals surface area contributed by atoms with Crippen LogP contribution in [0.25, 0.3) is 0 Å². The van der Waals surface area contributed by atoms with Gasteiger partial charge in [-0.1, -0.05) is 0 Å². The molecule has 5 N–H and O–H groups in total. The third kappa shape index (κ3) is 8.86. The van der Waals surface area contributed by atoms with Crippen molar-refractivity contribution >= 4 is 21.7 Å². The van der Waals surface area contributed by atoms with Crippen LogP contribution >= 0.6 is 8.25 Å². The van der Waals surface area contributed by atoms with Gasteiger partial charge in [0, 0.05) is 0 Å². The van der Waals surface area contributed by atoms with Crippen molar-refractivity contribution in [3.05, 3.63) is 0 Å². The number of aliphatic hydroxyl groups is 5. The first-order chi connectivity index (χ1) is 12.0. The van der Waals surface area contributed by atoms with Crippen LogP contribution in [-0.2, 0) is 26.8 Å². The fraction of sp³-hybridized carbons (Fsp3) is 1.00. The standard InChI is InChI=1S/C13H27AsO11P/c1-14(2,20)3-10-11(18)12(19)13(25-10)22-5-9(17)7-24-26(21)23-6-8(16)4-15/h8-13,15-19H,3-7H2,1-2H3/q+1/t8?,9?,10-,11-,12-,13-/m1/s1. The van der Waals surface area contributed by atoms with Crippen LogP contribution in [0.4, 0.5) is 0 Å². The van der Waals surface area contributed by atoms with E-state index in [0.29, 0.717) is 0 Å². The van der Waals surface area contributed by atoms with Crippen molar-refractivity contribution in [3.8, 4) is 0 Å². The molecule has 3 unspecified atom stereocenters. The third-order valence-electron chi connectivity index (χ3n) is 3.35. The van der Waals surface area contributed by atoms with Crippen molar-refractivity contribution in [1.82, 2.24) is 0 Å². The zero-order chi connectivity index (χ0) is 19.9. The second-order valence-corrected chi connectivity index (χ2v) is 14.8. The van der Waals surface area contributed by atoms with Crippen LogP contribution in [0.3, 0.4) is 0 Å².